The van der Waals surface area contributed by atoms with Gasteiger partial charge >= 0.3 is 0 Å². The van der Waals surface area contributed by atoms with E-state index >= 15 is 0 Å². The molecule has 0 bridgehead atoms. The van der Waals surface area contributed by atoms with E-state index in [0.717, 1.165) is 42.2 Å². The van der Waals surface area contributed by atoms with Gasteiger partial charge in [-0.1, -0.05) is 59.6 Å². The van der Waals surface area contributed by atoms with Gasteiger partial charge in [-0.15, -0.1) is 0 Å². The maximum absolute atomic E-state index is 12.6. The number of alkyl halides is 1. The lowest BCUT2D eigenvalue weighted by Crippen LogP contribution is -2.33. The van der Waals surface area contributed by atoms with Crippen LogP contribution in [0.2, 0.25) is 0 Å². The van der Waals surface area contributed by atoms with Crippen molar-refractivity contribution in [2.75, 3.05) is 18.4 Å². The van der Waals surface area contributed by atoms with Crippen LogP contribution in [0.5, 0.6) is 0 Å². The fourth-order valence-corrected chi connectivity index (χ4v) is 2.70. The first-order valence-electron chi connectivity index (χ1n) is 7.10. The first-order chi connectivity index (χ1) is 9.76. The first-order valence-corrected chi connectivity index (χ1v) is 8.22. The summed E-state index contributed by atoms with van der Waals surface area (Å²) in [7, 11) is 0. The summed E-state index contributed by atoms with van der Waals surface area (Å²) in [5, 5.41) is 3.10. The highest BCUT2D eigenvalue weighted by molar-refractivity contribution is 9.09. The third kappa shape index (κ3) is 3.60. The number of hydrogen-bond acceptors (Lipinski definition) is 1. The molecule has 0 aliphatic rings. The van der Waals surface area contributed by atoms with Gasteiger partial charge in [0, 0.05) is 24.0 Å². The zero-order valence-electron chi connectivity index (χ0n) is 11.8. The van der Waals surface area contributed by atoms with Crippen LogP contribution in [0.3, 0.4) is 0 Å². The predicted molar refractivity (Wildman–Crippen MR) is 88.6 cm³/mol. The number of hydrogen-bond donors (Lipinski definition) is 0. The molecule has 0 N–H and O–H groups in total. The Kier molecular flexibility index (Phi) is 5.60. The number of amides is 1. The lowest BCUT2D eigenvalue weighted by molar-refractivity contribution is 0.0764. The smallest absolute Gasteiger partial charge is 0.253 e. The van der Waals surface area contributed by atoms with Crippen LogP contribution in [0.25, 0.3) is 10.8 Å². The molecule has 0 saturated carbocycles. The highest BCUT2D eigenvalue weighted by Crippen LogP contribution is 2.17. The number of carbonyl (C=O) groups excluding carboxylic acids is 1. The van der Waals surface area contributed by atoms with Crippen molar-refractivity contribution in [2.45, 2.75) is 19.8 Å². The van der Waals surface area contributed by atoms with Crippen LogP contribution in [0.1, 0.15) is 30.1 Å². The number of unbranched alkanes of at least 4 members (excludes halogenated alkanes) is 1. The lowest BCUT2D eigenvalue weighted by atomic mass is 10.1. The molecule has 2 rings (SSSR count). The Balaban J connectivity index is 2.23. The molecule has 0 aliphatic heterocycles. The lowest BCUT2D eigenvalue weighted by Gasteiger charge is -2.21. The van der Waals surface area contributed by atoms with Gasteiger partial charge in [-0.05, 0) is 29.3 Å². The average molecular weight is 334 g/mol. The van der Waals surface area contributed by atoms with Gasteiger partial charge in [-0.2, -0.15) is 0 Å². The van der Waals surface area contributed by atoms with Gasteiger partial charge in [-0.25, -0.2) is 0 Å². The van der Waals surface area contributed by atoms with Crippen LogP contribution in [0, 0.1) is 0 Å². The minimum Gasteiger partial charge on any atom is -0.338 e. The normalized spacial score (nSPS) is 10.7. The zero-order chi connectivity index (χ0) is 14.4. The second-order valence-corrected chi connectivity index (χ2v) is 5.69. The minimum absolute atomic E-state index is 0.128. The molecule has 0 unspecified atom stereocenters. The Hall–Kier alpha value is -1.35. The largest absolute Gasteiger partial charge is 0.338 e. The van der Waals surface area contributed by atoms with E-state index in [-0.39, 0.29) is 5.91 Å². The van der Waals surface area contributed by atoms with E-state index in [1.165, 1.54) is 5.39 Å². The third-order valence-corrected chi connectivity index (χ3v) is 3.77. The monoisotopic (exact) mass is 333 g/mol. The number of halogens is 1. The van der Waals surface area contributed by atoms with Crippen molar-refractivity contribution in [1.82, 2.24) is 4.90 Å². The van der Waals surface area contributed by atoms with Gasteiger partial charge in [0.2, 0.25) is 0 Å². The van der Waals surface area contributed by atoms with Gasteiger partial charge in [0.25, 0.3) is 5.91 Å². The Bertz CT molecular complexity index is 582. The third-order valence-electron chi connectivity index (χ3n) is 3.42. The minimum atomic E-state index is 0.128. The van der Waals surface area contributed by atoms with Crippen LogP contribution in [0.4, 0.5) is 0 Å². The summed E-state index contributed by atoms with van der Waals surface area (Å²) in [5.41, 5.74) is 0.778. The molecule has 2 nitrogen and oxygen atoms in total. The number of nitrogens with zero attached hydrogens (tertiary/aromatic N) is 1. The second kappa shape index (κ2) is 7.44. The summed E-state index contributed by atoms with van der Waals surface area (Å²) in [6.45, 7) is 3.73. The molecule has 2 aromatic rings. The highest BCUT2D eigenvalue weighted by atomic mass is 79.9. The Morgan fingerprint density at radius 2 is 1.85 bits per heavy atom. The number of carbonyl (C=O) groups is 1. The van der Waals surface area contributed by atoms with Crippen LogP contribution >= 0.6 is 15.9 Å². The molecule has 0 aromatic heterocycles. The molecule has 0 fully saturated rings. The summed E-state index contributed by atoms with van der Waals surface area (Å²) in [6, 6.07) is 14.1. The highest BCUT2D eigenvalue weighted by Gasteiger charge is 2.14. The maximum Gasteiger partial charge on any atom is 0.253 e. The van der Waals surface area contributed by atoms with Gasteiger partial charge < -0.3 is 4.90 Å². The average Bonchev–Trinajstić information content (AvgIpc) is 2.50. The van der Waals surface area contributed by atoms with Gasteiger partial charge in [0.1, 0.15) is 0 Å². The van der Waals surface area contributed by atoms with Crippen molar-refractivity contribution >= 4 is 32.6 Å². The van der Waals surface area contributed by atoms with Crippen molar-refractivity contribution in [3.63, 3.8) is 0 Å². The number of fused-ring (bicyclic) bond motifs is 1. The van der Waals surface area contributed by atoms with Crippen LogP contribution in [0.15, 0.2) is 42.5 Å². The maximum atomic E-state index is 12.6. The van der Waals surface area contributed by atoms with E-state index < -0.39 is 0 Å². The van der Waals surface area contributed by atoms with E-state index in [4.69, 9.17) is 0 Å². The SMILES string of the molecule is CCCCN(CCBr)C(=O)c1ccc2ccccc2c1. The molecule has 0 radical (unpaired) electrons. The summed E-state index contributed by atoms with van der Waals surface area (Å²) in [6.07, 6.45) is 2.15. The summed E-state index contributed by atoms with van der Waals surface area (Å²) in [4.78, 5) is 14.5. The predicted octanol–water partition coefficient (Wildman–Crippen LogP) is 4.48. The van der Waals surface area contributed by atoms with E-state index in [9.17, 15) is 4.79 Å². The molecule has 106 valence electrons. The van der Waals surface area contributed by atoms with E-state index in [0.29, 0.717) is 0 Å². The Morgan fingerprint density at radius 1 is 1.10 bits per heavy atom. The molecular formula is C17H20BrNO. The molecular weight excluding hydrogens is 314 g/mol. The number of benzene rings is 2. The van der Waals surface area contributed by atoms with Crippen molar-refractivity contribution in [3.05, 3.63) is 48.0 Å². The standard InChI is InChI=1S/C17H20BrNO/c1-2-3-11-19(12-10-18)17(20)16-9-8-14-6-4-5-7-15(14)13-16/h4-9,13H,2-3,10-12H2,1H3. The van der Waals surface area contributed by atoms with E-state index in [1.54, 1.807) is 0 Å². The summed E-state index contributed by atoms with van der Waals surface area (Å²) >= 11 is 3.43. The molecule has 3 heteroatoms. The second-order valence-electron chi connectivity index (χ2n) is 4.90. The molecule has 20 heavy (non-hydrogen) atoms. The molecule has 0 saturated heterocycles. The Labute approximate surface area is 128 Å². The van der Waals surface area contributed by atoms with E-state index in [1.807, 2.05) is 41.3 Å². The molecule has 0 heterocycles. The van der Waals surface area contributed by atoms with Crippen molar-refractivity contribution < 1.29 is 4.79 Å². The van der Waals surface area contributed by atoms with E-state index in [2.05, 4.69) is 28.9 Å². The molecule has 2 aromatic carbocycles. The topological polar surface area (TPSA) is 20.3 Å². The van der Waals surface area contributed by atoms with Crippen LogP contribution in [-0.2, 0) is 0 Å². The van der Waals surface area contributed by atoms with Gasteiger partial charge in [-0.3, -0.25) is 4.79 Å². The van der Waals surface area contributed by atoms with Crippen molar-refractivity contribution in [3.8, 4) is 0 Å². The van der Waals surface area contributed by atoms with Gasteiger partial charge in [0.15, 0.2) is 0 Å². The molecule has 1 amide bonds. The molecule has 0 spiro atoms. The Morgan fingerprint density at radius 3 is 2.55 bits per heavy atom. The van der Waals surface area contributed by atoms with Crippen molar-refractivity contribution in [1.29, 1.82) is 0 Å². The zero-order valence-corrected chi connectivity index (χ0v) is 13.4. The van der Waals surface area contributed by atoms with Crippen LogP contribution in [-0.4, -0.2) is 29.2 Å². The fourth-order valence-electron chi connectivity index (χ4n) is 2.27. The van der Waals surface area contributed by atoms with Crippen LogP contribution < -0.4 is 0 Å². The first kappa shape index (κ1) is 15.0. The molecule has 0 atom stereocenters. The summed E-state index contributed by atoms with van der Waals surface area (Å²) in [5.74, 6) is 0.128. The summed E-state index contributed by atoms with van der Waals surface area (Å²) < 4.78 is 0. The fraction of sp³-hybridized carbons (Fsp3) is 0.353. The van der Waals surface area contributed by atoms with Gasteiger partial charge in [0.05, 0.1) is 0 Å². The quantitative estimate of drug-likeness (QED) is 0.714. The number of rotatable bonds is 6. The molecule has 0 aliphatic carbocycles. The van der Waals surface area contributed by atoms with Crippen molar-refractivity contribution in [2.24, 2.45) is 0 Å².